The minimum atomic E-state index is -0.346. The molecule has 0 radical (unpaired) electrons. The van der Waals surface area contributed by atoms with Gasteiger partial charge in [-0.1, -0.05) is 0 Å². The van der Waals surface area contributed by atoms with Gasteiger partial charge in [0.1, 0.15) is 11.5 Å². The molecule has 1 aliphatic heterocycles. The molecule has 26 heavy (non-hydrogen) atoms. The van der Waals surface area contributed by atoms with E-state index in [1.54, 1.807) is 18.5 Å². The lowest BCUT2D eigenvalue weighted by atomic mass is 9.98. The second-order valence-electron chi connectivity index (χ2n) is 7.16. The van der Waals surface area contributed by atoms with Crippen molar-refractivity contribution < 1.29 is 4.39 Å². The van der Waals surface area contributed by atoms with Crippen molar-refractivity contribution >= 4 is 11.0 Å². The number of hydrogen-bond acceptors (Lipinski definition) is 4. The number of hydrogen-bond donors (Lipinski definition) is 1. The van der Waals surface area contributed by atoms with Crippen LogP contribution >= 0.6 is 0 Å². The van der Waals surface area contributed by atoms with Crippen LogP contribution in [0.15, 0.2) is 36.8 Å². The number of pyridine rings is 2. The van der Waals surface area contributed by atoms with Crippen LogP contribution in [0.25, 0.3) is 33.5 Å². The van der Waals surface area contributed by atoms with Gasteiger partial charge in [0.2, 0.25) is 0 Å². The first kappa shape index (κ1) is 14.1. The van der Waals surface area contributed by atoms with Crippen LogP contribution in [0.2, 0.25) is 0 Å². The fraction of sp³-hybridized carbons (Fsp3) is 0.263. The van der Waals surface area contributed by atoms with Gasteiger partial charge in [-0.15, -0.1) is 0 Å². The standard InChI is InChI=1S/C19H15FN6/c20-11-1-2-14(22-9-11)17-16(12-4-8-21-18-13(12)10-23-24-18)15-3-5-19(6-7-19)26(15)25-17/h1-2,4,8-10H,3,5-7H2,(H,21,23,24). The second-order valence-corrected chi connectivity index (χ2v) is 7.16. The molecule has 6 rings (SSSR count). The lowest BCUT2D eigenvalue weighted by molar-refractivity contribution is 0.460. The fourth-order valence-electron chi connectivity index (χ4n) is 4.19. The Hall–Kier alpha value is -3.09. The maximum atomic E-state index is 13.4. The van der Waals surface area contributed by atoms with Crippen molar-refractivity contribution in [3.63, 3.8) is 0 Å². The van der Waals surface area contributed by atoms with Crippen LogP contribution in [0.1, 0.15) is 25.0 Å². The summed E-state index contributed by atoms with van der Waals surface area (Å²) in [7, 11) is 0. The van der Waals surface area contributed by atoms with Gasteiger partial charge in [-0.2, -0.15) is 10.2 Å². The SMILES string of the molecule is Fc1ccc(-c2nn3c(c2-c2ccnc4[nH]ncc24)CCC32CC2)nc1. The number of aromatic nitrogens is 6. The van der Waals surface area contributed by atoms with Gasteiger partial charge in [0, 0.05) is 22.8 Å². The van der Waals surface area contributed by atoms with E-state index < -0.39 is 0 Å². The molecule has 0 unspecified atom stereocenters. The van der Waals surface area contributed by atoms with E-state index in [1.165, 1.54) is 30.8 Å². The van der Waals surface area contributed by atoms with Crippen molar-refractivity contribution in [3.05, 3.63) is 48.3 Å². The molecular weight excluding hydrogens is 331 g/mol. The molecular formula is C19H15FN6. The third-order valence-corrected chi connectivity index (χ3v) is 5.68. The van der Waals surface area contributed by atoms with E-state index in [0.29, 0.717) is 5.69 Å². The summed E-state index contributed by atoms with van der Waals surface area (Å²) >= 11 is 0. The van der Waals surface area contributed by atoms with E-state index in [9.17, 15) is 4.39 Å². The highest BCUT2D eigenvalue weighted by atomic mass is 19.1. The quantitative estimate of drug-likeness (QED) is 0.603. The van der Waals surface area contributed by atoms with Gasteiger partial charge in [-0.05, 0) is 49.4 Å². The third-order valence-electron chi connectivity index (χ3n) is 5.68. The fourth-order valence-corrected chi connectivity index (χ4v) is 4.19. The monoisotopic (exact) mass is 346 g/mol. The summed E-state index contributed by atoms with van der Waals surface area (Å²) in [5.41, 5.74) is 5.78. The zero-order chi connectivity index (χ0) is 17.3. The summed E-state index contributed by atoms with van der Waals surface area (Å²) in [5, 5.41) is 13.0. The highest BCUT2D eigenvalue weighted by molar-refractivity contribution is 5.97. The molecule has 2 aliphatic rings. The molecule has 1 spiro atoms. The van der Waals surface area contributed by atoms with Gasteiger partial charge in [0.15, 0.2) is 5.65 Å². The van der Waals surface area contributed by atoms with Gasteiger partial charge in [-0.25, -0.2) is 9.37 Å². The number of aromatic amines is 1. The Bertz CT molecular complexity index is 1150. The second kappa shape index (κ2) is 4.75. The summed E-state index contributed by atoms with van der Waals surface area (Å²) < 4.78 is 15.6. The molecule has 1 aliphatic carbocycles. The normalized spacial score (nSPS) is 17.1. The maximum Gasteiger partial charge on any atom is 0.155 e. The van der Waals surface area contributed by atoms with E-state index in [0.717, 1.165) is 40.7 Å². The van der Waals surface area contributed by atoms with Gasteiger partial charge in [0.05, 0.1) is 23.6 Å². The number of H-pyrrole nitrogens is 1. The van der Waals surface area contributed by atoms with Crippen molar-refractivity contribution in [3.8, 4) is 22.5 Å². The van der Waals surface area contributed by atoms with E-state index in [4.69, 9.17) is 5.10 Å². The van der Waals surface area contributed by atoms with Crippen molar-refractivity contribution in [1.29, 1.82) is 0 Å². The Balaban J connectivity index is 1.67. The van der Waals surface area contributed by atoms with Crippen LogP contribution in [0, 0.1) is 5.82 Å². The van der Waals surface area contributed by atoms with Gasteiger partial charge in [0.25, 0.3) is 0 Å². The largest absolute Gasteiger partial charge is 0.262 e. The Labute approximate surface area is 148 Å². The Kier molecular flexibility index (Phi) is 2.58. The molecule has 1 fully saturated rings. The summed E-state index contributed by atoms with van der Waals surface area (Å²) in [6.45, 7) is 0. The minimum Gasteiger partial charge on any atom is -0.262 e. The van der Waals surface area contributed by atoms with Crippen molar-refractivity contribution in [2.45, 2.75) is 31.2 Å². The number of nitrogens with zero attached hydrogens (tertiary/aromatic N) is 5. The molecule has 0 saturated heterocycles. The van der Waals surface area contributed by atoms with Crippen LogP contribution in [0.5, 0.6) is 0 Å². The average Bonchev–Trinajstić information content (AvgIpc) is 3.00. The minimum absolute atomic E-state index is 0.185. The summed E-state index contributed by atoms with van der Waals surface area (Å²) in [6.07, 6.45) is 9.31. The average molecular weight is 346 g/mol. The molecule has 1 N–H and O–H groups in total. The van der Waals surface area contributed by atoms with E-state index in [2.05, 4.69) is 24.8 Å². The zero-order valence-electron chi connectivity index (χ0n) is 13.9. The molecule has 1 saturated carbocycles. The zero-order valence-corrected chi connectivity index (χ0v) is 13.9. The Morgan fingerprint density at radius 2 is 2.00 bits per heavy atom. The van der Waals surface area contributed by atoms with E-state index in [1.807, 2.05) is 6.07 Å². The molecule has 128 valence electrons. The summed E-state index contributed by atoms with van der Waals surface area (Å²) in [6, 6.07) is 5.13. The van der Waals surface area contributed by atoms with Crippen LogP contribution in [0.4, 0.5) is 4.39 Å². The van der Waals surface area contributed by atoms with E-state index >= 15 is 0 Å². The van der Waals surface area contributed by atoms with Gasteiger partial charge < -0.3 is 0 Å². The van der Waals surface area contributed by atoms with Gasteiger partial charge in [-0.3, -0.25) is 14.8 Å². The van der Waals surface area contributed by atoms with Crippen LogP contribution < -0.4 is 0 Å². The molecule has 4 aromatic rings. The van der Waals surface area contributed by atoms with Crippen molar-refractivity contribution in [2.24, 2.45) is 0 Å². The van der Waals surface area contributed by atoms with Crippen molar-refractivity contribution in [2.75, 3.05) is 0 Å². The van der Waals surface area contributed by atoms with Crippen LogP contribution in [0.3, 0.4) is 0 Å². The summed E-state index contributed by atoms with van der Waals surface area (Å²) in [5.74, 6) is -0.346. The Morgan fingerprint density at radius 1 is 1.08 bits per heavy atom. The number of fused-ring (bicyclic) bond motifs is 3. The lowest BCUT2D eigenvalue weighted by Gasteiger charge is -2.07. The number of halogens is 1. The molecule has 0 bridgehead atoms. The molecule has 0 atom stereocenters. The molecule has 7 heteroatoms. The molecule has 5 heterocycles. The smallest absolute Gasteiger partial charge is 0.155 e. The Morgan fingerprint density at radius 3 is 2.81 bits per heavy atom. The molecule has 4 aromatic heterocycles. The topological polar surface area (TPSA) is 72.3 Å². The lowest BCUT2D eigenvalue weighted by Crippen LogP contribution is -2.12. The molecule has 0 amide bonds. The predicted molar refractivity (Wildman–Crippen MR) is 93.8 cm³/mol. The number of rotatable bonds is 2. The van der Waals surface area contributed by atoms with E-state index in [-0.39, 0.29) is 11.4 Å². The predicted octanol–water partition coefficient (Wildman–Crippen LogP) is 3.46. The van der Waals surface area contributed by atoms with Crippen molar-refractivity contribution in [1.82, 2.24) is 29.9 Å². The maximum absolute atomic E-state index is 13.4. The molecule has 0 aromatic carbocycles. The van der Waals surface area contributed by atoms with Crippen LogP contribution in [-0.2, 0) is 12.0 Å². The first-order valence-corrected chi connectivity index (χ1v) is 8.78. The number of nitrogens with one attached hydrogen (secondary N) is 1. The highest BCUT2D eigenvalue weighted by Crippen LogP contribution is 2.54. The molecule has 6 nitrogen and oxygen atoms in total. The first-order valence-electron chi connectivity index (χ1n) is 8.78. The van der Waals surface area contributed by atoms with Gasteiger partial charge >= 0.3 is 0 Å². The first-order chi connectivity index (χ1) is 12.8. The summed E-state index contributed by atoms with van der Waals surface area (Å²) in [4.78, 5) is 8.64. The third kappa shape index (κ3) is 1.80. The van der Waals surface area contributed by atoms with Crippen LogP contribution in [-0.4, -0.2) is 29.9 Å². The highest BCUT2D eigenvalue weighted by Gasteiger charge is 2.51.